The lowest BCUT2D eigenvalue weighted by Gasteiger charge is -2.33. The van der Waals surface area contributed by atoms with E-state index in [1.807, 2.05) is 6.92 Å². The van der Waals surface area contributed by atoms with E-state index in [1.54, 1.807) is 35.2 Å². The molecule has 0 spiro atoms. The molecule has 1 aliphatic heterocycles. The normalized spacial score (nSPS) is 18.9. The van der Waals surface area contributed by atoms with Crippen molar-refractivity contribution in [3.8, 4) is 0 Å². The van der Waals surface area contributed by atoms with Gasteiger partial charge in [0.05, 0.1) is 4.90 Å². The zero-order chi connectivity index (χ0) is 18.3. The Kier molecular flexibility index (Phi) is 4.32. The van der Waals surface area contributed by atoms with E-state index in [-0.39, 0.29) is 23.9 Å². The Bertz CT molecular complexity index is 908. The third kappa shape index (κ3) is 3.26. The van der Waals surface area contributed by atoms with Crippen molar-refractivity contribution in [1.82, 2.24) is 14.4 Å². The molecule has 0 N–H and O–H groups in total. The summed E-state index contributed by atoms with van der Waals surface area (Å²) in [6.07, 6.45) is 2.16. The maximum Gasteiger partial charge on any atom is 0.276 e. The average molecular weight is 375 g/mol. The van der Waals surface area contributed by atoms with Gasteiger partial charge in [-0.25, -0.2) is 8.42 Å². The molecule has 1 saturated heterocycles. The number of sulfonamides is 1. The highest BCUT2D eigenvalue weighted by Crippen LogP contribution is 2.40. The van der Waals surface area contributed by atoms with Crippen LogP contribution in [0.4, 0.5) is 0 Å². The highest BCUT2D eigenvalue weighted by atomic mass is 32.2. The lowest BCUT2D eigenvalue weighted by atomic mass is 10.2. The van der Waals surface area contributed by atoms with Crippen LogP contribution in [-0.2, 0) is 10.0 Å². The van der Waals surface area contributed by atoms with Crippen LogP contribution in [-0.4, -0.2) is 54.9 Å². The Labute approximate surface area is 152 Å². The lowest BCUT2D eigenvalue weighted by Crippen LogP contribution is -2.50. The first-order valence-corrected chi connectivity index (χ1v) is 10.2. The van der Waals surface area contributed by atoms with Crippen molar-refractivity contribution >= 4 is 15.9 Å². The Morgan fingerprint density at radius 2 is 1.77 bits per heavy atom. The molecule has 0 atom stereocenters. The van der Waals surface area contributed by atoms with Crippen LogP contribution in [0.5, 0.6) is 0 Å². The molecule has 0 unspecified atom stereocenters. The average Bonchev–Trinajstić information content (AvgIpc) is 3.38. The van der Waals surface area contributed by atoms with Crippen LogP contribution < -0.4 is 0 Å². The third-order valence-corrected chi connectivity index (χ3v) is 6.82. The molecule has 8 heteroatoms. The molecule has 1 aromatic heterocycles. The number of carbonyl (C=O) groups excluding carboxylic acids is 1. The fourth-order valence-corrected chi connectivity index (χ4v) is 4.53. The van der Waals surface area contributed by atoms with Gasteiger partial charge in [-0.1, -0.05) is 22.9 Å². The topological polar surface area (TPSA) is 83.7 Å². The van der Waals surface area contributed by atoms with Crippen molar-refractivity contribution in [3.63, 3.8) is 0 Å². The molecule has 7 nitrogen and oxygen atoms in total. The number of hydrogen-bond donors (Lipinski definition) is 0. The number of aromatic nitrogens is 1. The standard InChI is InChI=1S/C18H21N3O4S/c1-13-2-6-15(7-3-13)26(23,24)21-10-8-20(9-11-21)18(22)16-12-17(25-19-16)14-4-5-14/h2-3,6-7,12,14H,4-5,8-11H2,1H3. The molecule has 26 heavy (non-hydrogen) atoms. The number of benzene rings is 1. The molecule has 1 aromatic carbocycles. The first-order chi connectivity index (χ1) is 12.4. The zero-order valence-corrected chi connectivity index (χ0v) is 15.4. The van der Waals surface area contributed by atoms with E-state index in [0.717, 1.165) is 24.2 Å². The van der Waals surface area contributed by atoms with E-state index in [0.29, 0.717) is 24.7 Å². The van der Waals surface area contributed by atoms with Gasteiger partial charge < -0.3 is 9.42 Å². The summed E-state index contributed by atoms with van der Waals surface area (Å²) in [6, 6.07) is 8.53. The van der Waals surface area contributed by atoms with Crippen molar-refractivity contribution in [2.45, 2.75) is 30.6 Å². The smallest absolute Gasteiger partial charge is 0.276 e. The minimum Gasteiger partial charge on any atom is -0.360 e. The summed E-state index contributed by atoms with van der Waals surface area (Å²) in [6.45, 7) is 3.15. The summed E-state index contributed by atoms with van der Waals surface area (Å²) in [4.78, 5) is 14.5. The number of nitrogens with zero attached hydrogens (tertiary/aromatic N) is 3. The predicted molar refractivity (Wildman–Crippen MR) is 94.3 cm³/mol. The molecule has 1 saturated carbocycles. The van der Waals surface area contributed by atoms with Crippen molar-refractivity contribution in [3.05, 3.63) is 47.3 Å². The highest BCUT2D eigenvalue weighted by Gasteiger charge is 2.33. The quantitative estimate of drug-likeness (QED) is 0.816. The second-order valence-electron chi connectivity index (χ2n) is 6.90. The van der Waals surface area contributed by atoms with Gasteiger partial charge >= 0.3 is 0 Å². The number of piperazine rings is 1. The third-order valence-electron chi connectivity index (χ3n) is 4.91. The number of carbonyl (C=O) groups is 1. The van der Waals surface area contributed by atoms with Gasteiger partial charge in [-0.3, -0.25) is 4.79 Å². The summed E-state index contributed by atoms with van der Waals surface area (Å²) in [5.74, 6) is 0.975. The van der Waals surface area contributed by atoms with E-state index < -0.39 is 10.0 Å². The molecule has 138 valence electrons. The van der Waals surface area contributed by atoms with Crippen LogP contribution in [0.1, 0.15) is 40.6 Å². The Balaban J connectivity index is 1.41. The highest BCUT2D eigenvalue weighted by molar-refractivity contribution is 7.89. The fourth-order valence-electron chi connectivity index (χ4n) is 3.10. The minimum atomic E-state index is -3.53. The van der Waals surface area contributed by atoms with Gasteiger partial charge in [0.1, 0.15) is 5.76 Å². The van der Waals surface area contributed by atoms with E-state index in [9.17, 15) is 13.2 Å². The molecule has 1 amide bonds. The molecule has 1 aliphatic carbocycles. The van der Waals surface area contributed by atoms with Crippen molar-refractivity contribution in [2.75, 3.05) is 26.2 Å². The summed E-state index contributed by atoms with van der Waals surface area (Å²) in [7, 11) is -3.53. The van der Waals surface area contributed by atoms with Crippen LogP contribution in [0, 0.1) is 6.92 Å². The van der Waals surface area contributed by atoms with Gasteiger partial charge in [0, 0.05) is 38.2 Å². The predicted octanol–water partition coefficient (Wildman–Crippen LogP) is 2.01. The molecular formula is C18H21N3O4S. The first kappa shape index (κ1) is 17.2. The van der Waals surface area contributed by atoms with Gasteiger partial charge in [0.15, 0.2) is 5.69 Å². The minimum absolute atomic E-state index is 0.201. The van der Waals surface area contributed by atoms with Crippen LogP contribution >= 0.6 is 0 Å². The number of amides is 1. The molecule has 2 aliphatic rings. The largest absolute Gasteiger partial charge is 0.360 e. The van der Waals surface area contributed by atoms with Crippen LogP contribution in [0.2, 0.25) is 0 Å². The zero-order valence-electron chi connectivity index (χ0n) is 14.6. The van der Waals surface area contributed by atoms with Crippen molar-refractivity contribution in [1.29, 1.82) is 0 Å². The fraction of sp³-hybridized carbons (Fsp3) is 0.444. The second-order valence-corrected chi connectivity index (χ2v) is 8.84. The Hall–Kier alpha value is -2.19. The van der Waals surface area contributed by atoms with Gasteiger partial charge in [-0.05, 0) is 31.9 Å². The molecule has 2 aromatic rings. The maximum absolute atomic E-state index is 12.7. The van der Waals surface area contributed by atoms with Gasteiger partial charge in [0.2, 0.25) is 10.0 Å². The summed E-state index contributed by atoms with van der Waals surface area (Å²) >= 11 is 0. The number of rotatable bonds is 4. The van der Waals surface area contributed by atoms with E-state index >= 15 is 0 Å². The van der Waals surface area contributed by atoms with E-state index in [2.05, 4.69) is 5.16 Å². The summed E-state index contributed by atoms with van der Waals surface area (Å²) in [5, 5.41) is 3.88. The van der Waals surface area contributed by atoms with E-state index in [1.165, 1.54) is 4.31 Å². The van der Waals surface area contributed by atoms with Crippen molar-refractivity contribution in [2.24, 2.45) is 0 Å². The SMILES string of the molecule is Cc1ccc(S(=O)(=O)N2CCN(C(=O)c3cc(C4CC4)on3)CC2)cc1. The van der Waals surface area contributed by atoms with Crippen LogP contribution in [0.25, 0.3) is 0 Å². The van der Waals surface area contributed by atoms with E-state index in [4.69, 9.17) is 4.52 Å². The molecule has 0 bridgehead atoms. The first-order valence-electron chi connectivity index (χ1n) is 8.78. The molecule has 2 heterocycles. The molecule has 2 fully saturated rings. The lowest BCUT2D eigenvalue weighted by molar-refractivity contribution is 0.0687. The Morgan fingerprint density at radius 3 is 2.38 bits per heavy atom. The number of aryl methyl sites for hydroxylation is 1. The van der Waals surface area contributed by atoms with Crippen LogP contribution in [0.15, 0.2) is 39.8 Å². The Morgan fingerprint density at radius 1 is 1.12 bits per heavy atom. The van der Waals surface area contributed by atoms with Gasteiger partial charge in [-0.15, -0.1) is 0 Å². The summed E-state index contributed by atoms with van der Waals surface area (Å²) < 4.78 is 32.1. The van der Waals surface area contributed by atoms with Crippen LogP contribution in [0.3, 0.4) is 0 Å². The van der Waals surface area contributed by atoms with Gasteiger partial charge in [-0.2, -0.15) is 4.31 Å². The molecular weight excluding hydrogens is 354 g/mol. The maximum atomic E-state index is 12.7. The van der Waals surface area contributed by atoms with Gasteiger partial charge in [0.25, 0.3) is 5.91 Å². The van der Waals surface area contributed by atoms with Crippen molar-refractivity contribution < 1.29 is 17.7 Å². The number of hydrogen-bond acceptors (Lipinski definition) is 5. The monoisotopic (exact) mass is 375 g/mol. The summed E-state index contributed by atoms with van der Waals surface area (Å²) in [5.41, 5.74) is 1.32. The molecule has 0 radical (unpaired) electrons. The molecule has 4 rings (SSSR count). The second kappa shape index (κ2) is 6.51.